The minimum atomic E-state index is -0.738. The summed E-state index contributed by atoms with van der Waals surface area (Å²) in [7, 11) is 3.09. The molecule has 3 rings (SSSR count). The van der Waals surface area contributed by atoms with E-state index in [1.165, 1.54) is 7.11 Å². The van der Waals surface area contributed by atoms with Crippen molar-refractivity contribution in [3.63, 3.8) is 0 Å². The summed E-state index contributed by atoms with van der Waals surface area (Å²) in [5, 5.41) is 5.71. The molecular formula is C25H32N4O4S. The van der Waals surface area contributed by atoms with Crippen LogP contribution in [-0.4, -0.2) is 55.6 Å². The van der Waals surface area contributed by atoms with Crippen LogP contribution in [0.5, 0.6) is 11.5 Å². The highest BCUT2D eigenvalue weighted by Gasteiger charge is 2.23. The van der Waals surface area contributed by atoms with Crippen molar-refractivity contribution >= 4 is 29.5 Å². The zero-order valence-electron chi connectivity index (χ0n) is 19.6. The number of nitrogens with two attached hydrogens (primary N) is 1. The molecule has 4 N–H and O–H groups in total. The van der Waals surface area contributed by atoms with Crippen LogP contribution in [0.15, 0.2) is 53.5 Å². The fraction of sp³-hybridized carbons (Fsp3) is 0.400. The number of ether oxygens (including phenoxy) is 2. The second-order valence-corrected chi connectivity index (χ2v) is 9.25. The molecule has 1 saturated heterocycles. The lowest BCUT2D eigenvalue weighted by molar-refractivity contribution is -0.123. The third-order valence-corrected chi connectivity index (χ3v) is 6.57. The van der Waals surface area contributed by atoms with Crippen LogP contribution in [-0.2, 0) is 22.4 Å². The zero-order chi connectivity index (χ0) is 24.3. The summed E-state index contributed by atoms with van der Waals surface area (Å²) in [6.07, 6.45) is 2.34. The molecule has 0 saturated carbocycles. The molecule has 2 amide bonds. The van der Waals surface area contributed by atoms with Crippen molar-refractivity contribution in [3.05, 3.63) is 59.7 Å². The standard InChI is InChI=1S/C25H32N4O4S/c1-32-21-9-8-18(15-22(21)33-2)16-23(30)29-25(26)28-20(14-17-6-4-3-5-7-17)24(31)27-19-10-12-34-13-11-19/h3-9,15,19-20H,10-14,16H2,1-2H3,(H,27,31)(H3,26,28,29,30)/t20-/m1/s1. The van der Waals surface area contributed by atoms with Gasteiger partial charge in [0.2, 0.25) is 11.8 Å². The van der Waals surface area contributed by atoms with Gasteiger partial charge in [-0.05, 0) is 47.6 Å². The highest BCUT2D eigenvalue weighted by atomic mass is 32.2. The van der Waals surface area contributed by atoms with Crippen molar-refractivity contribution in [2.24, 2.45) is 10.7 Å². The Bertz CT molecular complexity index is 994. The molecule has 1 aliphatic rings. The van der Waals surface area contributed by atoms with Crippen LogP contribution in [0.25, 0.3) is 0 Å². The highest BCUT2D eigenvalue weighted by Crippen LogP contribution is 2.27. The van der Waals surface area contributed by atoms with E-state index in [0.717, 1.165) is 35.5 Å². The van der Waals surface area contributed by atoms with Gasteiger partial charge in [0.25, 0.3) is 0 Å². The molecule has 0 unspecified atom stereocenters. The third-order valence-electron chi connectivity index (χ3n) is 5.52. The molecule has 0 bridgehead atoms. The quantitative estimate of drug-likeness (QED) is 0.372. The van der Waals surface area contributed by atoms with E-state index in [-0.39, 0.29) is 30.2 Å². The number of guanidine groups is 1. The summed E-state index contributed by atoms with van der Waals surface area (Å²) in [5.41, 5.74) is 7.75. The van der Waals surface area contributed by atoms with Crippen LogP contribution < -0.4 is 25.8 Å². The van der Waals surface area contributed by atoms with Gasteiger partial charge >= 0.3 is 0 Å². The van der Waals surface area contributed by atoms with Gasteiger partial charge < -0.3 is 20.5 Å². The molecule has 0 aliphatic carbocycles. The topological polar surface area (TPSA) is 115 Å². The van der Waals surface area contributed by atoms with Crippen LogP contribution >= 0.6 is 11.8 Å². The fourth-order valence-corrected chi connectivity index (χ4v) is 4.84. The molecule has 1 fully saturated rings. The lowest BCUT2D eigenvalue weighted by atomic mass is 10.0. The molecule has 1 heterocycles. The van der Waals surface area contributed by atoms with Crippen molar-refractivity contribution in [1.82, 2.24) is 10.6 Å². The van der Waals surface area contributed by atoms with Gasteiger partial charge in [0.15, 0.2) is 17.5 Å². The van der Waals surface area contributed by atoms with Crippen LogP contribution in [0.4, 0.5) is 0 Å². The second-order valence-electron chi connectivity index (χ2n) is 8.03. The lowest BCUT2D eigenvalue weighted by Gasteiger charge is -2.24. The number of rotatable bonds is 9. The first kappa shape index (κ1) is 25.4. The number of carbonyl (C=O) groups excluding carboxylic acids is 2. The minimum Gasteiger partial charge on any atom is -0.493 e. The first-order valence-electron chi connectivity index (χ1n) is 11.2. The molecule has 1 aliphatic heterocycles. The first-order valence-corrected chi connectivity index (χ1v) is 12.4. The predicted molar refractivity (Wildman–Crippen MR) is 135 cm³/mol. The number of carbonyl (C=O) groups is 2. The Kier molecular flexibility index (Phi) is 9.63. The third kappa shape index (κ3) is 7.69. The van der Waals surface area contributed by atoms with E-state index in [2.05, 4.69) is 15.6 Å². The largest absolute Gasteiger partial charge is 0.493 e. The van der Waals surface area contributed by atoms with Gasteiger partial charge in [-0.2, -0.15) is 11.8 Å². The Hall–Kier alpha value is -3.20. The summed E-state index contributed by atoms with van der Waals surface area (Å²) >= 11 is 1.90. The van der Waals surface area contributed by atoms with E-state index in [9.17, 15) is 9.59 Å². The number of nitrogens with one attached hydrogen (secondary N) is 2. The SMILES string of the molecule is COc1ccc(CC(=O)NC(N)=N[C@H](Cc2ccccc2)C(=O)NC2CCSCC2)cc1OC. The molecule has 182 valence electrons. The molecule has 0 aromatic heterocycles. The normalized spacial score (nSPS) is 15.3. The smallest absolute Gasteiger partial charge is 0.245 e. The molecule has 9 heteroatoms. The summed E-state index contributed by atoms with van der Waals surface area (Å²) in [6.45, 7) is 0. The molecule has 34 heavy (non-hydrogen) atoms. The first-order chi connectivity index (χ1) is 16.5. The predicted octanol–water partition coefficient (Wildman–Crippen LogP) is 2.30. The minimum absolute atomic E-state index is 0.0753. The van der Waals surface area contributed by atoms with Gasteiger partial charge in [0, 0.05) is 12.5 Å². The average molecular weight is 485 g/mol. The number of hydrogen-bond donors (Lipinski definition) is 3. The lowest BCUT2D eigenvalue weighted by Crippen LogP contribution is -2.45. The van der Waals surface area contributed by atoms with Gasteiger partial charge in [-0.25, -0.2) is 4.99 Å². The van der Waals surface area contributed by atoms with E-state index in [1.807, 2.05) is 42.1 Å². The Balaban J connectivity index is 1.67. The van der Waals surface area contributed by atoms with E-state index in [0.29, 0.717) is 17.9 Å². The van der Waals surface area contributed by atoms with Crippen LogP contribution in [0.2, 0.25) is 0 Å². The molecular weight excluding hydrogens is 452 g/mol. The van der Waals surface area contributed by atoms with Gasteiger partial charge in [0.05, 0.1) is 20.6 Å². The van der Waals surface area contributed by atoms with Crippen molar-refractivity contribution in [2.45, 2.75) is 37.8 Å². The van der Waals surface area contributed by atoms with Gasteiger partial charge in [0.1, 0.15) is 6.04 Å². The molecule has 2 aromatic carbocycles. The number of hydrogen-bond acceptors (Lipinski definition) is 6. The summed E-state index contributed by atoms with van der Waals surface area (Å²) < 4.78 is 10.5. The van der Waals surface area contributed by atoms with Gasteiger partial charge in [-0.3, -0.25) is 14.9 Å². The fourth-order valence-electron chi connectivity index (χ4n) is 3.74. The van der Waals surface area contributed by atoms with Crippen LogP contribution in [0, 0.1) is 0 Å². The molecule has 8 nitrogen and oxygen atoms in total. The van der Waals surface area contributed by atoms with E-state index >= 15 is 0 Å². The summed E-state index contributed by atoms with van der Waals surface area (Å²) in [5.74, 6) is 2.59. The molecule has 0 radical (unpaired) electrons. The van der Waals surface area contributed by atoms with Crippen molar-refractivity contribution in [2.75, 3.05) is 25.7 Å². The monoisotopic (exact) mass is 484 g/mol. The van der Waals surface area contributed by atoms with Crippen molar-refractivity contribution < 1.29 is 19.1 Å². The van der Waals surface area contributed by atoms with Gasteiger partial charge in [-0.1, -0.05) is 36.4 Å². The molecule has 1 atom stereocenters. The number of methoxy groups -OCH3 is 2. The number of benzene rings is 2. The maximum atomic E-state index is 13.0. The Morgan fingerprint density at radius 3 is 2.44 bits per heavy atom. The Morgan fingerprint density at radius 1 is 1.06 bits per heavy atom. The summed E-state index contributed by atoms with van der Waals surface area (Å²) in [6, 6.07) is 14.3. The van der Waals surface area contributed by atoms with Crippen LogP contribution in [0.1, 0.15) is 24.0 Å². The van der Waals surface area contributed by atoms with E-state index in [1.54, 1.807) is 25.3 Å². The average Bonchev–Trinajstić information content (AvgIpc) is 2.84. The second kappa shape index (κ2) is 12.9. The molecule has 0 spiro atoms. The Labute approximate surface area is 204 Å². The summed E-state index contributed by atoms with van der Waals surface area (Å²) in [4.78, 5) is 30.0. The number of nitrogens with zero attached hydrogens (tertiary/aromatic N) is 1. The number of aliphatic imine (C=N–C) groups is 1. The highest BCUT2D eigenvalue weighted by molar-refractivity contribution is 7.99. The van der Waals surface area contributed by atoms with Crippen molar-refractivity contribution in [1.29, 1.82) is 0 Å². The van der Waals surface area contributed by atoms with Gasteiger partial charge in [-0.15, -0.1) is 0 Å². The Morgan fingerprint density at radius 2 is 1.76 bits per heavy atom. The maximum Gasteiger partial charge on any atom is 0.245 e. The number of amides is 2. The maximum absolute atomic E-state index is 13.0. The zero-order valence-corrected chi connectivity index (χ0v) is 20.4. The van der Waals surface area contributed by atoms with Crippen LogP contribution in [0.3, 0.4) is 0 Å². The van der Waals surface area contributed by atoms with Crippen molar-refractivity contribution in [3.8, 4) is 11.5 Å². The number of thioether (sulfide) groups is 1. The van der Waals surface area contributed by atoms with E-state index < -0.39 is 6.04 Å². The van der Waals surface area contributed by atoms with E-state index in [4.69, 9.17) is 15.2 Å². The molecule has 2 aromatic rings.